The third kappa shape index (κ3) is 9.48. The summed E-state index contributed by atoms with van der Waals surface area (Å²) >= 11 is 0. The van der Waals surface area contributed by atoms with Crippen LogP contribution < -0.4 is 20.7 Å². The van der Waals surface area contributed by atoms with Crippen molar-refractivity contribution in [1.29, 1.82) is 0 Å². The van der Waals surface area contributed by atoms with Crippen molar-refractivity contribution in [2.75, 3.05) is 6.54 Å². The fourth-order valence-electron chi connectivity index (χ4n) is 6.16. The number of amides is 5. The minimum absolute atomic E-state index is 0.0728. The summed E-state index contributed by atoms with van der Waals surface area (Å²) in [5.74, 6) is -3.20. The first-order chi connectivity index (χ1) is 23.6. The lowest BCUT2D eigenvalue weighted by Gasteiger charge is -2.30. The predicted molar refractivity (Wildman–Crippen MR) is 176 cm³/mol. The van der Waals surface area contributed by atoms with Gasteiger partial charge in [-0.05, 0) is 71.4 Å². The average Bonchev–Trinajstić information content (AvgIpc) is 3.95. The summed E-state index contributed by atoms with van der Waals surface area (Å²) in [6.45, 7) is 4.78. The van der Waals surface area contributed by atoms with Crippen LogP contribution in [0.15, 0.2) is 30.5 Å². The van der Waals surface area contributed by atoms with Gasteiger partial charge in [0, 0.05) is 12.3 Å². The zero-order valence-corrected chi connectivity index (χ0v) is 29.2. The Hall–Kier alpha value is -4.28. The Labute approximate surface area is 290 Å². The number of halogens is 1. The molecule has 0 spiro atoms. The van der Waals surface area contributed by atoms with Crippen molar-refractivity contribution in [3.05, 3.63) is 42.0 Å². The van der Waals surface area contributed by atoms with E-state index < -0.39 is 86.2 Å². The lowest BCUT2D eigenvalue weighted by molar-refractivity contribution is -0.141. The molecule has 4 aliphatic rings. The SMILES string of the molecule is CC(C)(C)OC(=O)N[C@H]1CCCCC/C=C\[C@@H]2C[C@@]2(C(=O)NS(=O)(=O)C2CC2)NC(=O)C2C[C@@H](OC(=O)NCc3ccc(F)cn3)CN2C1=O. The second-order valence-electron chi connectivity index (χ2n) is 14.3. The Balaban J connectivity index is 1.37. The standard InChI is InChI=1S/C33H45FN6O9S/c1-32(2,3)49-31(45)37-25-10-8-6-4-5-7-9-20-16-33(20,29(43)39-50(46,47)24-13-14-24)38-27(41)26-15-23(19-40(26)28(25)42)48-30(44)36-18-22-12-11-21(34)17-35-22/h7,9,11-12,17,20,23-26H,4-6,8,10,13-16,18-19H2,1-3H3,(H,36,44)(H,37,45)(H,38,41)(H,39,43)/b9-7-/t20-,23-,25+,26?,33-/m1/s1. The maximum Gasteiger partial charge on any atom is 0.408 e. The predicted octanol–water partition coefficient (Wildman–Crippen LogP) is 2.31. The van der Waals surface area contributed by atoms with Gasteiger partial charge in [0.2, 0.25) is 21.8 Å². The molecule has 2 aliphatic heterocycles. The summed E-state index contributed by atoms with van der Waals surface area (Å²) in [6, 6.07) is 0.276. The highest BCUT2D eigenvalue weighted by molar-refractivity contribution is 7.91. The summed E-state index contributed by atoms with van der Waals surface area (Å²) in [5.41, 5.74) is -2.03. The third-order valence-corrected chi connectivity index (χ3v) is 10.8. The molecule has 15 nitrogen and oxygen atoms in total. The van der Waals surface area contributed by atoms with Crippen LogP contribution in [0.2, 0.25) is 0 Å². The molecule has 4 N–H and O–H groups in total. The van der Waals surface area contributed by atoms with Gasteiger partial charge in [-0.15, -0.1) is 0 Å². The summed E-state index contributed by atoms with van der Waals surface area (Å²) in [5, 5.41) is 7.26. The van der Waals surface area contributed by atoms with Crippen molar-refractivity contribution in [2.24, 2.45) is 5.92 Å². The molecule has 5 rings (SSSR count). The van der Waals surface area contributed by atoms with Crippen molar-refractivity contribution in [3.8, 4) is 0 Å². The molecule has 5 atom stereocenters. The van der Waals surface area contributed by atoms with Crippen LogP contribution in [-0.2, 0) is 40.4 Å². The minimum Gasteiger partial charge on any atom is -0.444 e. The van der Waals surface area contributed by atoms with E-state index >= 15 is 0 Å². The van der Waals surface area contributed by atoms with Crippen LogP contribution in [0.5, 0.6) is 0 Å². The Morgan fingerprint density at radius 2 is 1.86 bits per heavy atom. The number of pyridine rings is 1. The summed E-state index contributed by atoms with van der Waals surface area (Å²) < 4.78 is 51.8. The van der Waals surface area contributed by atoms with Gasteiger partial charge in [-0.25, -0.2) is 22.4 Å². The molecule has 1 unspecified atom stereocenters. The fraction of sp³-hybridized carbons (Fsp3) is 0.636. The number of aromatic nitrogens is 1. The summed E-state index contributed by atoms with van der Waals surface area (Å²) in [4.78, 5) is 72.4. The number of nitrogens with one attached hydrogen (secondary N) is 4. The molecular weight excluding hydrogens is 675 g/mol. The molecule has 1 aromatic rings. The van der Waals surface area contributed by atoms with Crippen LogP contribution in [0.1, 0.15) is 84.3 Å². The second kappa shape index (κ2) is 14.9. The Bertz CT molecular complexity index is 1610. The quantitative estimate of drug-likeness (QED) is 0.303. The van der Waals surface area contributed by atoms with E-state index in [1.807, 2.05) is 6.08 Å². The van der Waals surface area contributed by atoms with E-state index in [1.165, 1.54) is 17.0 Å². The normalized spacial score (nSPS) is 28.0. The van der Waals surface area contributed by atoms with Gasteiger partial charge in [0.25, 0.3) is 5.91 Å². The van der Waals surface area contributed by atoms with Gasteiger partial charge in [-0.2, -0.15) is 0 Å². The molecule has 5 amide bonds. The molecule has 2 aliphatic carbocycles. The zero-order valence-electron chi connectivity index (χ0n) is 28.4. The number of allylic oxidation sites excluding steroid dienone is 1. The fourth-order valence-corrected chi connectivity index (χ4v) is 7.53. The van der Waals surface area contributed by atoms with Gasteiger partial charge in [-0.1, -0.05) is 25.0 Å². The first kappa shape index (κ1) is 37.0. The number of carbonyl (C=O) groups is 5. The van der Waals surface area contributed by atoms with Crippen LogP contribution in [0.4, 0.5) is 14.0 Å². The zero-order chi connectivity index (χ0) is 36.3. The molecule has 17 heteroatoms. The number of hydrogen-bond donors (Lipinski definition) is 4. The molecule has 1 aromatic heterocycles. The summed E-state index contributed by atoms with van der Waals surface area (Å²) in [6.07, 6.45) is 5.91. The topological polar surface area (TPSA) is 202 Å². The Kier molecular flexibility index (Phi) is 11.0. The van der Waals surface area contributed by atoms with Crippen molar-refractivity contribution in [1.82, 2.24) is 30.6 Å². The molecule has 2 saturated carbocycles. The molecule has 0 bridgehead atoms. The lowest BCUT2D eigenvalue weighted by atomic mass is 10.0. The van der Waals surface area contributed by atoms with E-state index in [4.69, 9.17) is 9.47 Å². The van der Waals surface area contributed by atoms with Gasteiger partial charge in [0.05, 0.1) is 30.2 Å². The van der Waals surface area contributed by atoms with Crippen molar-refractivity contribution in [2.45, 2.75) is 120 Å². The van der Waals surface area contributed by atoms with E-state index in [1.54, 1.807) is 26.8 Å². The third-order valence-electron chi connectivity index (χ3n) is 9.01. The maximum atomic E-state index is 14.2. The maximum absolute atomic E-state index is 14.2. The van der Waals surface area contributed by atoms with Crippen LogP contribution in [0.25, 0.3) is 0 Å². The number of hydrogen-bond acceptors (Lipinski definition) is 10. The highest BCUT2D eigenvalue weighted by Gasteiger charge is 2.62. The van der Waals surface area contributed by atoms with Crippen molar-refractivity contribution >= 4 is 39.9 Å². The first-order valence-corrected chi connectivity index (χ1v) is 18.5. The number of carbonyl (C=O) groups excluding carboxylic acids is 5. The molecule has 274 valence electrons. The van der Waals surface area contributed by atoms with Crippen molar-refractivity contribution < 1.29 is 46.3 Å². The average molecular weight is 721 g/mol. The monoisotopic (exact) mass is 720 g/mol. The van der Waals surface area contributed by atoms with Gasteiger partial charge in [0.1, 0.15) is 35.1 Å². The Morgan fingerprint density at radius 1 is 1.10 bits per heavy atom. The van der Waals surface area contributed by atoms with Crippen LogP contribution in [-0.4, -0.2) is 89.3 Å². The van der Waals surface area contributed by atoms with Gasteiger partial charge < -0.3 is 30.3 Å². The van der Waals surface area contributed by atoms with Gasteiger partial charge in [-0.3, -0.25) is 24.1 Å². The molecule has 0 aromatic carbocycles. The smallest absolute Gasteiger partial charge is 0.408 e. The summed E-state index contributed by atoms with van der Waals surface area (Å²) in [7, 11) is -3.92. The number of nitrogens with zero attached hydrogens (tertiary/aromatic N) is 2. The molecule has 50 heavy (non-hydrogen) atoms. The van der Waals surface area contributed by atoms with Crippen LogP contribution in [0.3, 0.4) is 0 Å². The van der Waals surface area contributed by atoms with E-state index in [2.05, 4.69) is 25.7 Å². The van der Waals surface area contributed by atoms with Crippen LogP contribution >= 0.6 is 0 Å². The molecule has 0 radical (unpaired) electrons. The largest absolute Gasteiger partial charge is 0.444 e. The number of fused-ring (bicyclic) bond motifs is 2. The van der Waals surface area contributed by atoms with Gasteiger partial charge in [0.15, 0.2) is 0 Å². The van der Waals surface area contributed by atoms with Crippen LogP contribution in [0, 0.1) is 11.7 Å². The Morgan fingerprint density at radius 3 is 2.54 bits per heavy atom. The number of alkyl carbamates (subject to hydrolysis) is 2. The highest BCUT2D eigenvalue weighted by atomic mass is 32.2. The number of sulfonamides is 1. The van der Waals surface area contributed by atoms with E-state index in [-0.39, 0.29) is 32.4 Å². The van der Waals surface area contributed by atoms with E-state index in [0.717, 1.165) is 19.0 Å². The minimum atomic E-state index is -3.92. The van der Waals surface area contributed by atoms with E-state index in [0.29, 0.717) is 31.4 Å². The molecule has 3 heterocycles. The first-order valence-electron chi connectivity index (χ1n) is 17.0. The number of rotatable bonds is 7. The van der Waals surface area contributed by atoms with Crippen molar-refractivity contribution in [3.63, 3.8) is 0 Å². The van der Waals surface area contributed by atoms with E-state index in [9.17, 15) is 36.8 Å². The second-order valence-corrected chi connectivity index (χ2v) is 16.3. The highest BCUT2D eigenvalue weighted by Crippen LogP contribution is 2.46. The number of ether oxygens (including phenoxy) is 2. The lowest BCUT2D eigenvalue weighted by Crippen LogP contribution is -2.58. The molecular formula is C33H45FN6O9S. The molecule has 1 saturated heterocycles. The van der Waals surface area contributed by atoms with Gasteiger partial charge >= 0.3 is 12.2 Å². The molecule has 3 fully saturated rings.